The van der Waals surface area contributed by atoms with Crippen LogP contribution in [0.15, 0.2) is 30.4 Å². The summed E-state index contributed by atoms with van der Waals surface area (Å²) in [6.45, 7) is 6.03. The van der Waals surface area contributed by atoms with Crippen LogP contribution in [0.3, 0.4) is 0 Å². The van der Waals surface area contributed by atoms with Gasteiger partial charge in [0, 0.05) is 6.42 Å². The monoisotopic (exact) mass is 266 g/mol. The first-order valence-corrected chi connectivity index (χ1v) is 6.77. The van der Waals surface area contributed by atoms with Crippen LogP contribution in [0, 0.1) is 17.3 Å². The molecule has 1 heterocycles. The van der Waals surface area contributed by atoms with Gasteiger partial charge in [-0.1, -0.05) is 25.5 Å². The topological polar surface area (TPSA) is 8.81 Å². The molecule has 1 saturated carbocycles. The molecule has 0 N–H and O–H groups in total. The van der Waals surface area contributed by atoms with Crippen molar-refractivity contribution in [3.05, 3.63) is 30.4 Å². The van der Waals surface area contributed by atoms with Gasteiger partial charge in [0.25, 0.3) is 0 Å². The molecule has 2 nitrogen and oxygen atoms in total. The molecule has 0 radical (unpaired) electrons. The highest BCUT2D eigenvalue weighted by molar-refractivity contribution is 5.23. The Hall–Kier alpha value is -0.760. The number of fused-ring (bicyclic) bond motifs is 1. The van der Waals surface area contributed by atoms with Gasteiger partial charge < -0.3 is 12.4 Å². The molecule has 0 amide bonds. The molecule has 3 aliphatic rings. The molecular formula is C15H23ClN2. The molecule has 1 aromatic rings. The maximum absolute atomic E-state index is 2.52. The van der Waals surface area contributed by atoms with Crippen LogP contribution in [0.5, 0.6) is 0 Å². The maximum atomic E-state index is 2.52. The number of aryl methyl sites for hydroxylation is 2. The van der Waals surface area contributed by atoms with E-state index in [2.05, 4.69) is 54.8 Å². The summed E-state index contributed by atoms with van der Waals surface area (Å²) in [6.07, 6.45) is 13.0. The van der Waals surface area contributed by atoms with E-state index in [0.717, 1.165) is 18.4 Å². The van der Waals surface area contributed by atoms with Crippen LogP contribution in [0.2, 0.25) is 0 Å². The molecular weight excluding hydrogens is 244 g/mol. The largest absolute Gasteiger partial charge is 1.00 e. The van der Waals surface area contributed by atoms with Gasteiger partial charge in [-0.15, -0.1) is 0 Å². The second-order valence-corrected chi connectivity index (χ2v) is 6.39. The molecule has 4 rings (SSSR count). The molecule has 1 fully saturated rings. The Labute approximate surface area is 116 Å². The van der Waals surface area contributed by atoms with Crippen molar-refractivity contribution in [2.75, 3.05) is 0 Å². The second kappa shape index (κ2) is 4.73. The Balaban J connectivity index is 0.00000120. The van der Waals surface area contributed by atoms with Gasteiger partial charge in [-0.3, -0.25) is 0 Å². The van der Waals surface area contributed by atoms with E-state index in [9.17, 15) is 0 Å². The van der Waals surface area contributed by atoms with Crippen LogP contribution >= 0.6 is 0 Å². The van der Waals surface area contributed by atoms with Gasteiger partial charge in [0.1, 0.15) is 12.4 Å². The summed E-state index contributed by atoms with van der Waals surface area (Å²) in [4.78, 5) is 0. The molecule has 0 spiro atoms. The van der Waals surface area contributed by atoms with Gasteiger partial charge >= 0.3 is 0 Å². The zero-order chi connectivity index (χ0) is 12.0. The van der Waals surface area contributed by atoms with Gasteiger partial charge in [-0.05, 0) is 30.1 Å². The van der Waals surface area contributed by atoms with Crippen LogP contribution in [0.4, 0.5) is 0 Å². The van der Waals surface area contributed by atoms with Crippen molar-refractivity contribution >= 4 is 0 Å². The van der Waals surface area contributed by atoms with Crippen LogP contribution in [0.25, 0.3) is 0 Å². The van der Waals surface area contributed by atoms with Gasteiger partial charge in [0.2, 0.25) is 6.33 Å². The van der Waals surface area contributed by atoms with Crippen molar-refractivity contribution in [1.29, 1.82) is 0 Å². The molecule has 100 valence electrons. The Morgan fingerprint density at radius 1 is 1.44 bits per heavy atom. The summed E-state index contributed by atoms with van der Waals surface area (Å²) in [6, 6.07) is 0. The number of imidazole rings is 1. The van der Waals surface area contributed by atoms with Gasteiger partial charge in [-0.2, -0.15) is 0 Å². The SMILES string of the molecule is C[n+]1ccn(CCC2=CC[C@H]3C[C@@H]2C3(C)C)c1.[Cl-]. The third kappa shape index (κ3) is 2.11. The molecule has 0 aliphatic heterocycles. The molecule has 0 unspecified atom stereocenters. The molecule has 0 aromatic carbocycles. The van der Waals surface area contributed by atoms with E-state index >= 15 is 0 Å². The Morgan fingerprint density at radius 2 is 2.22 bits per heavy atom. The standard InChI is InChI=1S/C15H23N2.ClH/c1-15(2)13-5-4-12(14(15)10-13)6-7-17-9-8-16(3)11-17;/h4,8-9,11,13-14H,5-7,10H2,1-3H3;1H/q+1;/p-1/t13-,14-;/m0./s1. The van der Waals surface area contributed by atoms with E-state index in [1.807, 2.05) is 0 Å². The molecule has 2 bridgehead atoms. The molecule has 3 heteroatoms. The van der Waals surface area contributed by atoms with E-state index in [0.29, 0.717) is 5.41 Å². The Bertz CT molecular complexity index is 459. The summed E-state index contributed by atoms with van der Waals surface area (Å²) in [5.41, 5.74) is 2.29. The minimum atomic E-state index is 0. The predicted molar refractivity (Wildman–Crippen MR) is 68.3 cm³/mol. The fourth-order valence-electron chi connectivity index (χ4n) is 3.65. The highest BCUT2D eigenvalue weighted by atomic mass is 35.5. The first-order chi connectivity index (χ1) is 8.07. The average Bonchev–Trinajstić information content (AvgIpc) is 2.72. The van der Waals surface area contributed by atoms with Crippen LogP contribution in [-0.2, 0) is 13.6 Å². The minimum Gasteiger partial charge on any atom is -1.00 e. The maximum Gasteiger partial charge on any atom is 0.243 e. The van der Waals surface area contributed by atoms with Gasteiger partial charge in [0.15, 0.2) is 0 Å². The molecule has 18 heavy (non-hydrogen) atoms. The van der Waals surface area contributed by atoms with Crippen molar-refractivity contribution in [3.63, 3.8) is 0 Å². The van der Waals surface area contributed by atoms with Gasteiger partial charge in [0.05, 0.1) is 13.6 Å². The molecule has 3 aliphatic carbocycles. The smallest absolute Gasteiger partial charge is 0.243 e. The molecule has 1 aromatic heterocycles. The van der Waals surface area contributed by atoms with E-state index in [1.165, 1.54) is 19.3 Å². The van der Waals surface area contributed by atoms with Crippen molar-refractivity contribution < 1.29 is 17.0 Å². The van der Waals surface area contributed by atoms with Crippen LogP contribution in [-0.4, -0.2) is 4.57 Å². The van der Waals surface area contributed by atoms with E-state index in [-0.39, 0.29) is 12.4 Å². The summed E-state index contributed by atoms with van der Waals surface area (Å²) in [5.74, 6) is 1.83. The first-order valence-electron chi connectivity index (χ1n) is 6.77. The Kier molecular flexibility index (Phi) is 3.59. The van der Waals surface area contributed by atoms with Crippen molar-refractivity contribution in [2.45, 2.75) is 39.7 Å². The first kappa shape index (κ1) is 13.7. The summed E-state index contributed by atoms with van der Waals surface area (Å²) in [7, 11) is 2.08. The summed E-state index contributed by atoms with van der Waals surface area (Å²) in [5, 5.41) is 0. The third-order valence-electron chi connectivity index (χ3n) is 5.07. The lowest BCUT2D eigenvalue weighted by Gasteiger charge is -2.56. The lowest BCUT2D eigenvalue weighted by Crippen LogP contribution is -3.00. The highest BCUT2D eigenvalue weighted by Crippen LogP contribution is 2.59. The number of rotatable bonds is 3. The summed E-state index contributed by atoms with van der Waals surface area (Å²) < 4.78 is 4.40. The van der Waals surface area contributed by atoms with Gasteiger partial charge in [-0.25, -0.2) is 9.13 Å². The number of aromatic nitrogens is 2. The fraction of sp³-hybridized carbons (Fsp3) is 0.667. The van der Waals surface area contributed by atoms with E-state index < -0.39 is 0 Å². The fourth-order valence-corrected chi connectivity index (χ4v) is 3.65. The average molecular weight is 267 g/mol. The number of nitrogens with zero attached hydrogens (tertiary/aromatic N) is 2. The highest BCUT2D eigenvalue weighted by Gasteiger charge is 2.50. The zero-order valence-corrected chi connectivity index (χ0v) is 12.3. The minimum absolute atomic E-state index is 0. The molecule has 2 atom stereocenters. The van der Waals surface area contributed by atoms with Crippen LogP contribution in [0.1, 0.15) is 33.1 Å². The number of halogens is 1. The number of allylic oxidation sites excluding steroid dienone is 2. The predicted octanol–water partition coefficient (Wildman–Crippen LogP) is -0.301. The van der Waals surface area contributed by atoms with Crippen molar-refractivity contribution in [2.24, 2.45) is 24.3 Å². The second-order valence-electron chi connectivity index (χ2n) is 6.39. The lowest BCUT2D eigenvalue weighted by atomic mass is 9.48. The number of hydrogen-bond acceptors (Lipinski definition) is 0. The van der Waals surface area contributed by atoms with Crippen LogP contribution < -0.4 is 17.0 Å². The molecule has 0 saturated heterocycles. The normalized spacial score (nSPS) is 28.1. The zero-order valence-electron chi connectivity index (χ0n) is 11.6. The lowest BCUT2D eigenvalue weighted by molar-refractivity contribution is -0.671. The quantitative estimate of drug-likeness (QED) is 0.525. The number of hydrogen-bond donors (Lipinski definition) is 0. The Morgan fingerprint density at radius 3 is 2.78 bits per heavy atom. The third-order valence-corrected chi connectivity index (χ3v) is 5.07. The van der Waals surface area contributed by atoms with Crippen molar-refractivity contribution in [1.82, 2.24) is 4.57 Å². The van der Waals surface area contributed by atoms with E-state index in [4.69, 9.17) is 0 Å². The van der Waals surface area contributed by atoms with E-state index in [1.54, 1.807) is 5.57 Å². The van der Waals surface area contributed by atoms with Crippen molar-refractivity contribution in [3.8, 4) is 0 Å². The summed E-state index contributed by atoms with van der Waals surface area (Å²) >= 11 is 0.